The number of piperidine rings is 1. The Balaban J connectivity index is 1.11. The van der Waals surface area contributed by atoms with Gasteiger partial charge in [-0.05, 0) is 76.9 Å². The fourth-order valence-corrected chi connectivity index (χ4v) is 10.6. The van der Waals surface area contributed by atoms with Gasteiger partial charge >= 0.3 is 0 Å². The fourth-order valence-electron chi connectivity index (χ4n) is 8.80. The number of hydrogen-bond donors (Lipinski definition) is 5. The number of benzene rings is 2. The van der Waals surface area contributed by atoms with Crippen LogP contribution >= 0.6 is 11.8 Å². The van der Waals surface area contributed by atoms with E-state index >= 15 is 0 Å². The molecule has 2 saturated heterocycles. The number of rotatable bonds is 17. The molecule has 0 unspecified atom stereocenters. The second-order valence-electron chi connectivity index (χ2n) is 17.1. The topological polar surface area (TPSA) is 273 Å². The molecule has 72 heavy (non-hydrogen) atoms. The third-order valence-electron chi connectivity index (χ3n) is 12.3. The van der Waals surface area contributed by atoms with Gasteiger partial charge in [-0.25, -0.2) is 9.97 Å². The number of nitrogens with one attached hydrogen (secondary N) is 4. The summed E-state index contributed by atoms with van der Waals surface area (Å²) in [6.07, 6.45) is 4.74. The van der Waals surface area contributed by atoms with Crippen molar-refractivity contribution in [1.82, 2.24) is 57.4 Å². The van der Waals surface area contributed by atoms with E-state index in [0.717, 1.165) is 0 Å². The number of fused-ring (bicyclic) bond motifs is 2. The van der Waals surface area contributed by atoms with Crippen molar-refractivity contribution in [3.8, 4) is 23.3 Å². The average molecular weight is 1030 g/mol. The lowest BCUT2D eigenvalue weighted by Gasteiger charge is -2.35. The van der Waals surface area contributed by atoms with Gasteiger partial charge in [0.1, 0.15) is 40.5 Å². The Morgan fingerprint density at radius 3 is 1.81 bits per heavy atom. The number of primary amides is 1. The first kappa shape index (κ1) is 51.1. The minimum atomic E-state index is -3.55. The molecule has 2 aromatic carbocycles. The quantitative estimate of drug-likeness (QED) is 0.0499. The number of imidazole rings is 2. The number of carbonyl (C=O) groups is 4. The van der Waals surface area contributed by atoms with Crippen molar-refractivity contribution in [3.05, 3.63) is 82.5 Å². The van der Waals surface area contributed by atoms with E-state index in [4.69, 9.17) is 37.0 Å². The number of carbonyl (C=O) groups excluding carboxylic acids is 4. The standard InChI is InChI=1S/C47H56ClN15O8S/c1-6-62-36(23-29(3)56-62)44(66)53-46-52-35-26-33(43(65)55-48)28-38(70-5)40(35)60(46)16-8-9-17-61-41-34(51-47(61)54-45(67)37-24-30(4)57-63(37)7-2)25-32(42(49)64)27-39(41)71-22-10-11-31-12-18-58(19-13-31)72(68,69)59-20-14-50-15-21-59/h8-9,23-28,31,50H,6-7,12-22H2,1-5H3,(H2,49,64)(H,55,65)(H,51,54,67)(H,52,53,66)/b9-8+. The first-order valence-corrected chi connectivity index (χ1v) is 25.2. The van der Waals surface area contributed by atoms with Crippen LogP contribution in [0.2, 0.25) is 0 Å². The normalized spacial score (nSPS) is 14.9. The summed E-state index contributed by atoms with van der Waals surface area (Å²) >= 11 is 5.68. The van der Waals surface area contributed by atoms with Crippen LogP contribution in [0.4, 0.5) is 11.9 Å². The summed E-state index contributed by atoms with van der Waals surface area (Å²) < 4.78 is 48.2. The second kappa shape index (κ2) is 22.0. The summed E-state index contributed by atoms with van der Waals surface area (Å²) in [5.74, 6) is 4.79. The second-order valence-corrected chi connectivity index (χ2v) is 19.2. The molecule has 0 aliphatic carbocycles. The maximum Gasteiger partial charge on any atom is 0.282 e. The van der Waals surface area contributed by atoms with Crippen LogP contribution in [-0.2, 0) is 36.4 Å². The number of nitrogens with zero attached hydrogens (tertiary/aromatic N) is 10. The van der Waals surface area contributed by atoms with E-state index < -0.39 is 33.8 Å². The van der Waals surface area contributed by atoms with Gasteiger partial charge in [-0.1, -0.05) is 24.0 Å². The zero-order valence-corrected chi connectivity index (χ0v) is 42.1. The van der Waals surface area contributed by atoms with Crippen LogP contribution in [-0.4, -0.2) is 132 Å². The maximum atomic E-state index is 13.9. The van der Waals surface area contributed by atoms with Crippen molar-refractivity contribution in [2.45, 2.75) is 66.7 Å². The highest BCUT2D eigenvalue weighted by molar-refractivity contribution is 7.86. The Bertz CT molecular complexity index is 3260. The van der Waals surface area contributed by atoms with E-state index in [2.05, 4.69) is 42.8 Å². The van der Waals surface area contributed by atoms with Crippen molar-refractivity contribution in [1.29, 1.82) is 0 Å². The molecule has 4 aromatic heterocycles. The highest BCUT2D eigenvalue weighted by Gasteiger charge is 2.33. The lowest BCUT2D eigenvalue weighted by Crippen LogP contribution is -2.53. The molecule has 6 N–H and O–H groups in total. The minimum Gasteiger partial charge on any atom is -0.494 e. The summed E-state index contributed by atoms with van der Waals surface area (Å²) in [5, 5.41) is 17.9. The Labute approximate surface area is 420 Å². The molecule has 0 spiro atoms. The van der Waals surface area contributed by atoms with Crippen LogP contribution in [0.5, 0.6) is 11.5 Å². The number of methoxy groups -OCH3 is 1. The van der Waals surface area contributed by atoms with Gasteiger partial charge in [0.05, 0.1) is 29.5 Å². The molecule has 25 heteroatoms. The third-order valence-corrected chi connectivity index (χ3v) is 14.5. The van der Waals surface area contributed by atoms with Gasteiger partial charge in [0.25, 0.3) is 27.9 Å². The number of ether oxygens (including phenoxy) is 2. The van der Waals surface area contributed by atoms with Crippen LogP contribution in [0.25, 0.3) is 22.1 Å². The zero-order chi connectivity index (χ0) is 51.3. The molecular formula is C47H56ClN15O8S. The van der Waals surface area contributed by atoms with E-state index in [1.165, 1.54) is 40.0 Å². The van der Waals surface area contributed by atoms with Gasteiger partial charge in [-0.3, -0.25) is 44.0 Å². The third kappa shape index (κ3) is 10.8. The molecule has 0 bridgehead atoms. The van der Waals surface area contributed by atoms with Crippen LogP contribution in [0, 0.1) is 31.6 Å². The van der Waals surface area contributed by atoms with Crippen molar-refractivity contribution < 1.29 is 37.1 Å². The zero-order valence-electron chi connectivity index (χ0n) is 40.5. The Kier molecular flexibility index (Phi) is 15.6. The number of halogens is 1. The molecule has 23 nitrogen and oxygen atoms in total. The molecule has 6 heterocycles. The number of hydrogen-bond acceptors (Lipinski definition) is 13. The van der Waals surface area contributed by atoms with Crippen LogP contribution in [0.1, 0.15) is 79.8 Å². The van der Waals surface area contributed by atoms with Crippen LogP contribution in [0.15, 0.2) is 48.6 Å². The number of amides is 4. The Hall–Kier alpha value is -7.30. The number of aryl methyl sites for hydroxylation is 4. The summed E-state index contributed by atoms with van der Waals surface area (Å²) in [6, 6.07) is 9.39. The molecule has 8 rings (SSSR count). The van der Waals surface area contributed by atoms with Gasteiger partial charge in [0.15, 0.2) is 0 Å². The van der Waals surface area contributed by atoms with Gasteiger partial charge in [-0.15, -0.1) is 0 Å². The van der Waals surface area contributed by atoms with E-state index in [1.807, 2.05) is 26.0 Å². The SMILES string of the molecule is CCn1nc(C)cc1C(=O)Nc1nc2cc(C(=O)NCl)cc(OC)c2n1C/C=C/Cn1c(NC(=O)c2cc(C)nn2CC)nc2cc(C(N)=O)cc(OCC#CC3CCN(S(=O)(=O)N4CCNCC4)CC3)c21. The fraction of sp³-hybridized carbons (Fsp3) is 0.404. The largest absolute Gasteiger partial charge is 0.494 e. The molecule has 6 aromatic rings. The Morgan fingerprint density at radius 2 is 1.29 bits per heavy atom. The maximum absolute atomic E-state index is 13.9. The van der Waals surface area contributed by atoms with E-state index in [9.17, 15) is 27.6 Å². The summed E-state index contributed by atoms with van der Waals surface area (Å²) in [6.45, 7) is 11.1. The van der Waals surface area contributed by atoms with Gasteiger partial charge in [0.2, 0.25) is 17.8 Å². The summed E-state index contributed by atoms with van der Waals surface area (Å²) in [4.78, 5) is 64.6. The first-order chi connectivity index (χ1) is 34.6. The molecule has 2 aliphatic rings. The predicted molar refractivity (Wildman–Crippen MR) is 269 cm³/mol. The van der Waals surface area contributed by atoms with Crippen molar-refractivity contribution in [2.24, 2.45) is 11.7 Å². The first-order valence-electron chi connectivity index (χ1n) is 23.4. The number of anilines is 2. The van der Waals surface area contributed by atoms with E-state index in [1.54, 1.807) is 44.5 Å². The molecule has 2 fully saturated rings. The van der Waals surface area contributed by atoms with Gasteiger partial charge < -0.3 is 29.7 Å². The lowest BCUT2D eigenvalue weighted by molar-refractivity contribution is 0.0977. The Morgan fingerprint density at radius 1 is 0.778 bits per heavy atom. The smallest absolute Gasteiger partial charge is 0.282 e. The van der Waals surface area contributed by atoms with E-state index in [0.29, 0.717) is 110 Å². The van der Waals surface area contributed by atoms with Crippen molar-refractivity contribution in [2.75, 3.05) is 63.6 Å². The molecule has 0 atom stereocenters. The molecule has 4 amide bonds. The lowest BCUT2D eigenvalue weighted by atomic mass is 9.99. The number of nitrogens with two attached hydrogens (primary N) is 1. The van der Waals surface area contributed by atoms with E-state index in [-0.39, 0.29) is 60.1 Å². The molecule has 380 valence electrons. The van der Waals surface area contributed by atoms with Crippen LogP contribution in [0.3, 0.4) is 0 Å². The van der Waals surface area contributed by atoms with Gasteiger partial charge in [0, 0.05) is 94.3 Å². The molecular weight excluding hydrogens is 970 g/mol. The summed E-state index contributed by atoms with van der Waals surface area (Å²) in [5.41, 5.74) is 9.54. The molecule has 0 radical (unpaired) electrons. The number of aromatic nitrogens is 8. The number of allylic oxidation sites excluding steroid dienone is 2. The monoisotopic (exact) mass is 1030 g/mol. The van der Waals surface area contributed by atoms with Crippen molar-refractivity contribution >= 4 is 79.6 Å². The summed E-state index contributed by atoms with van der Waals surface area (Å²) in [7, 11) is -2.11. The highest BCUT2D eigenvalue weighted by Crippen LogP contribution is 2.33. The highest BCUT2D eigenvalue weighted by atomic mass is 35.5. The predicted octanol–water partition coefficient (Wildman–Crippen LogP) is 3.43. The average Bonchev–Trinajstić information content (AvgIpc) is 4.15. The minimum absolute atomic E-state index is 0.0598. The van der Waals surface area contributed by atoms with Gasteiger partial charge in [-0.2, -0.15) is 27.2 Å². The van der Waals surface area contributed by atoms with Crippen LogP contribution < -0.4 is 36.0 Å². The molecule has 0 saturated carbocycles. The number of piperazine rings is 1. The molecule has 2 aliphatic heterocycles. The van der Waals surface area contributed by atoms with Crippen molar-refractivity contribution in [3.63, 3.8) is 0 Å².